The molecule has 6 heteroatoms. The molecule has 1 heterocycles. The van der Waals surface area contributed by atoms with Crippen LogP contribution in [-0.4, -0.2) is 38.3 Å². The second-order valence-corrected chi connectivity index (χ2v) is 6.26. The minimum absolute atomic E-state index is 0.222. The molecule has 0 spiro atoms. The van der Waals surface area contributed by atoms with E-state index in [2.05, 4.69) is 10.2 Å². The fourth-order valence-electron chi connectivity index (χ4n) is 2.68. The first-order valence-electron chi connectivity index (χ1n) is 8.28. The number of ether oxygens (including phenoxy) is 2. The van der Waals surface area contributed by atoms with Crippen molar-refractivity contribution in [2.75, 3.05) is 36.5 Å². The number of para-hydroxylation sites is 1. The summed E-state index contributed by atoms with van der Waals surface area (Å²) < 4.78 is 11.1. The summed E-state index contributed by atoms with van der Waals surface area (Å²) in [6.45, 7) is 4.62. The van der Waals surface area contributed by atoms with Crippen molar-refractivity contribution >= 4 is 28.9 Å². The number of hydrogen-bond acceptors (Lipinski definition) is 4. The molecule has 0 unspecified atom stereocenters. The van der Waals surface area contributed by atoms with Gasteiger partial charge in [-0.2, -0.15) is 0 Å². The SMILES string of the molecule is C[C@H](Oc1ccccc1)C(=O)Nc1cc(Cl)ccc1N1CCOCC1. The standard InChI is InChI=1S/C19H21ClN2O3/c1-14(25-16-5-3-2-4-6-16)19(23)21-17-13-15(20)7-8-18(17)22-9-11-24-12-10-22/h2-8,13-14H,9-12H2,1H3,(H,21,23)/t14-/m0/s1. The number of nitrogens with one attached hydrogen (secondary N) is 1. The van der Waals surface area contributed by atoms with Gasteiger partial charge < -0.3 is 19.7 Å². The van der Waals surface area contributed by atoms with Gasteiger partial charge in [0.2, 0.25) is 0 Å². The van der Waals surface area contributed by atoms with Crippen molar-refractivity contribution in [2.45, 2.75) is 13.0 Å². The van der Waals surface area contributed by atoms with E-state index in [-0.39, 0.29) is 5.91 Å². The van der Waals surface area contributed by atoms with E-state index in [1.807, 2.05) is 42.5 Å². The molecule has 132 valence electrons. The average molecular weight is 361 g/mol. The van der Waals surface area contributed by atoms with Gasteiger partial charge in [0, 0.05) is 18.1 Å². The first-order chi connectivity index (χ1) is 12.1. The Morgan fingerprint density at radius 3 is 2.64 bits per heavy atom. The zero-order valence-corrected chi connectivity index (χ0v) is 14.8. The van der Waals surface area contributed by atoms with Gasteiger partial charge in [0.05, 0.1) is 24.6 Å². The lowest BCUT2D eigenvalue weighted by Crippen LogP contribution is -2.37. The normalized spacial score (nSPS) is 15.5. The van der Waals surface area contributed by atoms with E-state index >= 15 is 0 Å². The summed E-state index contributed by atoms with van der Waals surface area (Å²) in [6, 6.07) is 14.8. The molecule has 1 N–H and O–H groups in total. The number of benzene rings is 2. The van der Waals surface area contributed by atoms with Crippen molar-refractivity contribution < 1.29 is 14.3 Å². The van der Waals surface area contributed by atoms with E-state index in [1.165, 1.54) is 0 Å². The van der Waals surface area contributed by atoms with E-state index in [9.17, 15) is 4.79 Å². The lowest BCUT2D eigenvalue weighted by atomic mass is 10.2. The maximum Gasteiger partial charge on any atom is 0.265 e. The first kappa shape index (κ1) is 17.6. The Hall–Kier alpha value is -2.24. The first-order valence-corrected chi connectivity index (χ1v) is 8.66. The lowest BCUT2D eigenvalue weighted by molar-refractivity contribution is -0.122. The van der Waals surface area contributed by atoms with Crippen LogP contribution in [0.25, 0.3) is 0 Å². The fourth-order valence-corrected chi connectivity index (χ4v) is 2.85. The Morgan fingerprint density at radius 1 is 1.20 bits per heavy atom. The van der Waals surface area contributed by atoms with Crippen molar-refractivity contribution in [1.29, 1.82) is 0 Å². The molecular formula is C19H21ClN2O3. The lowest BCUT2D eigenvalue weighted by Gasteiger charge is -2.30. The van der Waals surface area contributed by atoms with E-state index in [4.69, 9.17) is 21.1 Å². The Kier molecular flexibility index (Phi) is 5.79. The second-order valence-electron chi connectivity index (χ2n) is 5.82. The molecule has 2 aromatic rings. The van der Waals surface area contributed by atoms with Crippen molar-refractivity contribution in [2.24, 2.45) is 0 Å². The summed E-state index contributed by atoms with van der Waals surface area (Å²) in [7, 11) is 0. The van der Waals surface area contributed by atoms with Crippen LogP contribution in [0.2, 0.25) is 5.02 Å². The second kappa shape index (κ2) is 8.23. The highest BCUT2D eigenvalue weighted by Crippen LogP contribution is 2.30. The van der Waals surface area contributed by atoms with Gasteiger partial charge in [0.15, 0.2) is 6.10 Å². The average Bonchev–Trinajstić information content (AvgIpc) is 2.63. The van der Waals surface area contributed by atoms with Gasteiger partial charge in [0.25, 0.3) is 5.91 Å². The van der Waals surface area contributed by atoms with Crippen molar-refractivity contribution in [3.05, 3.63) is 53.6 Å². The number of carbonyl (C=O) groups excluding carboxylic acids is 1. The predicted molar refractivity (Wildman–Crippen MR) is 99.6 cm³/mol. The van der Waals surface area contributed by atoms with Crippen LogP contribution in [0.15, 0.2) is 48.5 Å². The van der Waals surface area contributed by atoms with E-state index in [1.54, 1.807) is 13.0 Å². The Morgan fingerprint density at radius 2 is 1.92 bits per heavy atom. The highest BCUT2D eigenvalue weighted by Gasteiger charge is 2.20. The molecule has 1 amide bonds. The number of rotatable bonds is 5. The van der Waals surface area contributed by atoms with Crippen LogP contribution in [0, 0.1) is 0 Å². The molecule has 0 aromatic heterocycles. The zero-order chi connectivity index (χ0) is 17.6. The molecule has 0 aliphatic carbocycles. The molecule has 1 atom stereocenters. The molecular weight excluding hydrogens is 340 g/mol. The van der Waals surface area contributed by atoms with Crippen LogP contribution in [0.1, 0.15) is 6.92 Å². The predicted octanol–water partition coefficient (Wildman–Crippen LogP) is 3.58. The number of halogens is 1. The minimum Gasteiger partial charge on any atom is -0.481 e. The number of nitrogens with zero attached hydrogens (tertiary/aromatic N) is 1. The third kappa shape index (κ3) is 4.65. The summed E-state index contributed by atoms with van der Waals surface area (Å²) in [5, 5.41) is 3.51. The third-order valence-electron chi connectivity index (χ3n) is 3.99. The molecule has 0 radical (unpaired) electrons. The molecule has 1 aliphatic heterocycles. The van der Waals surface area contributed by atoms with E-state index in [0.29, 0.717) is 29.7 Å². The summed E-state index contributed by atoms with van der Waals surface area (Å²) in [5.41, 5.74) is 1.62. The van der Waals surface area contributed by atoms with Crippen LogP contribution < -0.4 is 15.0 Å². The third-order valence-corrected chi connectivity index (χ3v) is 4.23. The van der Waals surface area contributed by atoms with Gasteiger partial charge in [0.1, 0.15) is 5.75 Å². The number of amides is 1. The minimum atomic E-state index is -0.626. The van der Waals surface area contributed by atoms with Crippen molar-refractivity contribution in [3.63, 3.8) is 0 Å². The van der Waals surface area contributed by atoms with Crippen molar-refractivity contribution in [3.8, 4) is 5.75 Å². The summed E-state index contributed by atoms with van der Waals surface area (Å²) >= 11 is 6.12. The molecule has 5 nitrogen and oxygen atoms in total. The largest absolute Gasteiger partial charge is 0.481 e. The highest BCUT2D eigenvalue weighted by molar-refractivity contribution is 6.31. The molecule has 0 saturated carbocycles. The Labute approximate surface area is 152 Å². The van der Waals surface area contributed by atoms with Crippen LogP contribution in [-0.2, 0) is 9.53 Å². The summed E-state index contributed by atoms with van der Waals surface area (Å²) in [6.07, 6.45) is -0.626. The van der Waals surface area contributed by atoms with E-state index < -0.39 is 6.10 Å². The van der Waals surface area contributed by atoms with Gasteiger partial charge in [-0.1, -0.05) is 29.8 Å². The molecule has 1 saturated heterocycles. The molecule has 3 rings (SSSR count). The number of hydrogen-bond donors (Lipinski definition) is 1. The molecule has 25 heavy (non-hydrogen) atoms. The molecule has 2 aromatic carbocycles. The Bertz CT molecular complexity index is 718. The topological polar surface area (TPSA) is 50.8 Å². The smallest absolute Gasteiger partial charge is 0.265 e. The quantitative estimate of drug-likeness (QED) is 0.885. The fraction of sp³-hybridized carbons (Fsp3) is 0.316. The maximum absolute atomic E-state index is 12.5. The number of carbonyl (C=O) groups is 1. The summed E-state index contributed by atoms with van der Waals surface area (Å²) in [4.78, 5) is 14.7. The molecule has 0 bridgehead atoms. The number of anilines is 2. The number of morpholine rings is 1. The maximum atomic E-state index is 12.5. The Balaban J connectivity index is 1.72. The molecule has 1 fully saturated rings. The molecule has 1 aliphatic rings. The van der Waals surface area contributed by atoms with Crippen LogP contribution >= 0.6 is 11.6 Å². The van der Waals surface area contributed by atoms with E-state index in [0.717, 1.165) is 18.8 Å². The highest BCUT2D eigenvalue weighted by atomic mass is 35.5. The summed E-state index contributed by atoms with van der Waals surface area (Å²) in [5.74, 6) is 0.435. The zero-order valence-electron chi connectivity index (χ0n) is 14.1. The van der Waals surface area contributed by atoms with Gasteiger partial charge in [-0.05, 0) is 37.3 Å². The monoisotopic (exact) mass is 360 g/mol. The van der Waals surface area contributed by atoms with Crippen LogP contribution in [0.3, 0.4) is 0 Å². The van der Waals surface area contributed by atoms with Gasteiger partial charge in [-0.3, -0.25) is 4.79 Å². The van der Waals surface area contributed by atoms with Gasteiger partial charge in [-0.15, -0.1) is 0 Å². The van der Waals surface area contributed by atoms with Crippen molar-refractivity contribution in [1.82, 2.24) is 0 Å². The van der Waals surface area contributed by atoms with Crippen LogP contribution in [0.5, 0.6) is 5.75 Å². The van der Waals surface area contributed by atoms with Gasteiger partial charge >= 0.3 is 0 Å². The van der Waals surface area contributed by atoms with Gasteiger partial charge in [-0.25, -0.2) is 0 Å². The van der Waals surface area contributed by atoms with Crippen LogP contribution in [0.4, 0.5) is 11.4 Å².